The molecule has 2 N–H and O–H groups in total. The minimum Gasteiger partial charge on any atom is -0.481 e. The van der Waals surface area contributed by atoms with Crippen LogP contribution >= 0.6 is 0 Å². The molecule has 47 heavy (non-hydrogen) atoms. The van der Waals surface area contributed by atoms with Crippen LogP contribution in [0.4, 0.5) is 27.5 Å². The maximum absolute atomic E-state index is 14.0. The highest BCUT2D eigenvalue weighted by atomic mass is 16.6. The zero-order valence-electron chi connectivity index (χ0n) is 26.4. The molecule has 4 aromatic carbocycles. The summed E-state index contributed by atoms with van der Waals surface area (Å²) in [6.45, 7) is 5.65. The summed E-state index contributed by atoms with van der Waals surface area (Å²) in [7, 11) is 0. The highest BCUT2D eigenvalue weighted by Crippen LogP contribution is 2.40. The van der Waals surface area contributed by atoms with Crippen molar-refractivity contribution < 1.29 is 29.0 Å². The molecule has 0 fully saturated rings. The van der Waals surface area contributed by atoms with Gasteiger partial charge < -0.3 is 20.1 Å². The normalized spacial score (nSPS) is 14.9. The van der Waals surface area contributed by atoms with E-state index in [-0.39, 0.29) is 13.1 Å². The van der Waals surface area contributed by atoms with E-state index in [0.717, 1.165) is 22.4 Å². The number of nitrogens with zero attached hydrogens (tertiary/aromatic N) is 3. The lowest BCUT2D eigenvalue weighted by Gasteiger charge is -2.26. The summed E-state index contributed by atoms with van der Waals surface area (Å²) in [6, 6.07) is 31.0. The molecule has 10 heteroatoms. The number of alkyl carbamates (subject to hydrolysis) is 1. The van der Waals surface area contributed by atoms with Crippen LogP contribution < -0.4 is 15.1 Å². The van der Waals surface area contributed by atoms with E-state index in [4.69, 9.17) is 4.74 Å². The average molecular weight is 633 g/mol. The minimum atomic E-state index is -1.46. The lowest BCUT2D eigenvalue weighted by atomic mass is 10.0. The first-order valence-electron chi connectivity index (χ1n) is 15.2. The zero-order valence-corrected chi connectivity index (χ0v) is 26.4. The molecule has 1 aliphatic rings. The number of rotatable bonds is 9. The van der Waals surface area contributed by atoms with Crippen molar-refractivity contribution in [3.63, 3.8) is 0 Å². The third-order valence-corrected chi connectivity index (χ3v) is 7.34. The Balaban J connectivity index is 1.43. The molecule has 0 bridgehead atoms. The van der Waals surface area contributed by atoms with Gasteiger partial charge in [0.05, 0.1) is 30.0 Å². The van der Waals surface area contributed by atoms with Gasteiger partial charge in [-0.25, -0.2) is 4.79 Å². The molecule has 1 unspecified atom stereocenters. The van der Waals surface area contributed by atoms with Crippen LogP contribution in [0.2, 0.25) is 0 Å². The van der Waals surface area contributed by atoms with Crippen LogP contribution in [-0.2, 0) is 32.2 Å². The van der Waals surface area contributed by atoms with Crippen LogP contribution in [0.5, 0.6) is 0 Å². The monoisotopic (exact) mass is 632 g/mol. The first-order chi connectivity index (χ1) is 22.5. The van der Waals surface area contributed by atoms with Gasteiger partial charge in [0, 0.05) is 18.4 Å². The van der Waals surface area contributed by atoms with Crippen LogP contribution in [0, 0.1) is 5.92 Å². The molecule has 0 radical (unpaired) electrons. The fraction of sp³-hybridized carbons (Fsp3) is 0.216. The highest BCUT2D eigenvalue weighted by molar-refractivity contribution is 6.20. The molecule has 1 heterocycles. The molecule has 0 aliphatic carbocycles. The van der Waals surface area contributed by atoms with Crippen molar-refractivity contribution in [2.45, 2.75) is 45.9 Å². The fourth-order valence-electron chi connectivity index (χ4n) is 5.16. The molecule has 240 valence electrons. The second-order valence-electron chi connectivity index (χ2n) is 12.1. The van der Waals surface area contributed by atoms with Gasteiger partial charge in [0.15, 0.2) is 0 Å². The van der Waals surface area contributed by atoms with Gasteiger partial charge in [-0.3, -0.25) is 24.3 Å². The molecule has 10 nitrogen and oxygen atoms in total. The zero-order chi connectivity index (χ0) is 33.6. The molecule has 4 aromatic rings. The van der Waals surface area contributed by atoms with E-state index >= 15 is 0 Å². The summed E-state index contributed by atoms with van der Waals surface area (Å²) >= 11 is 0. The molecular formula is C37H36N4O6. The van der Waals surface area contributed by atoms with Gasteiger partial charge in [0.1, 0.15) is 11.5 Å². The van der Waals surface area contributed by atoms with Gasteiger partial charge in [-0.1, -0.05) is 66.7 Å². The number of ether oxygens (including phenoxy) is 1. The van der Waals surface area contributed by atoms with Gasteiger partial charge in [0.25, 0.3) is 0 Å². The summed E-state index contributed by atoms with van der Waals surface area (Å²) in [6.07, 6.45) is 0.552. The van der Waals surface area contributed by atoms with E-state index in [1.54, 1.807) is 75.5 Å². The number of para-hydroxylation sites is 2. The number of aliphatic carboxylic acids is 1. The Labute approximate surface area is 273 Å². The van der Waals surface area contributed by atoms with Crippen LogP contribution in [0.25, 0.3) is 0 Å². The molecule has 3 amide bonds. The van der Waals surface area contributed by atoms with Gasteiger partial charge in [0.2, 0.25) is 11.8 Å². The Kier molecular flexibility index (Phi) is 9.80. The number of carboxylic acids is 1. The standard InChI is InChI=1S/C37H36N4O6/c1-37(2,3)47-36(46)39-23-26-15-19-29(20-16-26)41-32-12-8-7-11-31(32)40(34(44)30(35(41)45)21-33(42)43)24-27-13-17-28(18-14-27)38-22-25-9-5-4-6-10-25/h4-20,22,30H,21,23-24H2,1-3H3,(H,39,46)(H,42,43). The topological polar surface area (TPSA) is 129 Å². The van der Waals surface area contributed by atoms with Gasteiger partial charge >= 0.3 is 12.1 Å². The Bertz CT molecular complexity index is 1780. The second-order valence-corrected chi connectivity index (χ2v) is 12.1. The van der Waals surface area contributed by atoms with Crippen molar-refractivity contribution in [1.82, 2.24) is 5.32 Å². The fourth-order valence-corrected chi connectivity index (χ4v) is 5.16. The molecule has 0 saturated heterocycles. The Morgan fingerprint density at radius 3 is 2.09 bits per heavy atom. The molecule has 0 spiro atoms. The van der Waals surface area contributed by atoms with Crippen LogP contribution in [0.3, 0.4) is 0 Å². The molecule has 0 saturated carbocycles. The first-order valence-corrected chi connectivity index (χ1v) is 15.2. The minimum absolute atomic E-state index is 0.116. The van der Waals surface area contributed by atoms with Crippen LogP contribution in [-0.4, -0.2) is 40.8 Å². The van der Waals surface area contributed by atoms with Crippen molar-refractivity contribution >= 4 is 52.8 Å². The number of carboxylic acid groups (broad SMARTS) is 1. The second kappa shape index (κ2) is 14.1. The number of hydrogen-bond acceptors (Lipinski definition) is 6. The Morgan fingerprint density at radius 2 is 1.45 bits per heavy atom. The number of hydrogen-bond donors (Lipinski definition) is 2. The van der Waals surface area contributed by atoms with E-state index < -0.39 is 41.8 Å². The van der Waals surface area contributed by atoms with E-state index in [1.165, 1.54) is 9.80 Å². The molecule has 1 atom stereocenters. The van der Waals surface area contributed by atoms with Crippen molar-refractivity contribution in [2.75, 3.05) is 9.80 Å². The summed E-state index contributed by atoms with van der Waals surface area (Å²) in [5.74, 6) is -3.95. The quantitative estimate of drug-likeness (QED) is 0.155. The number of anilines is 3. The van der Waals surface area contributed by atoms with Crippen molar-refractivity contribution in [3.05, 3.63) is 120 Å². The summed E-state index contributed by atoms with van der Waals surface area (Å²) in [4.78, 5) is 59.5. The Hall–Kier alpha value is -5.77. The largest absolute Gasteiger partial charge is 0.481 e. The number of carbonyl (C=O) groups excluding carboxylic acids is 3. The van der Waals surface area contributed by atoms with E-state index in [1.807, 2.05) is 54.6 Å². The van der Waals surface area contributed by atoms with Crippen molar-refractivity contribution in [1.29, 1.82) is 0 Å². The van der Waals surface area contributed by atoms with E-state index in [9.17, 15) is 24.3 Å². The number of amides is 3. The predicted molar refractivity (Wildman–Crippen MR) is 180 cm³/mol. The summed E-state index contributed by atoms with van der Waals surface area (Å²) in [5.41, 5.74) is 3.98. The van der Waals surface area contributed by atoms with E-state index in [0.29, 0.717) is 17.1 Å². The first kappa shape index (κ1) is 32.6. The number of aliphatic imine (C=N–C) groups is 1. The number of nitrogens with one attached hydrogen (secondary N) is 1. The molecule has 5 rings (SSSR count). The van der Waals surface area contributed by atoms with Gasteiger partial charge in [-0.05, 0) is 73.9 Å². The Morgan fingerprint density at radius 1 is 0.830 bits per heavy atom. The SMILES string of the molecule is CC(C)(C)OC(=O)NCc1ccc(N2C(=O)C(CC(=O)O)C(=O)N(Cc3ccc(N=Cc4ccccc4)cc3)c3ccccc32)cc1. The highest BCUT2D eigenvalue weighted by Gasteiger charge is 2.42. The number of benzene rings is 4. The maximum Gasteiger partial charge on any atom is 0.407 e. The third kappa shape index (κ3) is 8.29. The average Bonchev–Trinajstić information content (AvgIpc) is 3.12. The maximum atomic E-state index is 14.0. The summed E-state index contributed by atoms with van der Waals surface area (Å²) < 4.78 is 5.29. The molecular weight excluding hydrogens is 596 g/mol. The lowest BCUT2D eigenvalue weighted by Crippen LogP contribution is -2.41. The smallest absolute Gasteiger partial charge is 0.407 e. The molecule has 1 aliphatic heterocycles. The van der Waals surface area contributed by atoms with Crippen LogP contribution in [0.15, 0.2) is 108 Å². The van der Waals surface area contributed by atoms with Crippen LogP contribution in [0.1, 0.15) is 43.9 Å². The van der Waals surface area contributed by atoms with Crippen molar-refractivity contribution in [3.8, 4) is 0 Å². The molecule has 0 aromatic heterocycles. The van der Waals surface area contributed by atoms with Crippen molar-refractivity contribution in [2.24, 2.45) is 10.9 Å². The van der Waals surface area contributed by atoms with Gasteiger partial charge in [-0.15, -0.1) is 0 Å². The summed E-state index contributed by atoms with van der Waals surface area (Å²) in [5, 5.41) is 12.4. The van der Waals surface area contributed by atoms with Gasteiger partial charge in [-0.2, -0.15) is 0 Å². The third-order valence-electron chi connectivity index (χ3n) is 7.34. The predicted octanol–water partition coefficient (Wildman–Crippen LogP) is 6.76. The lowest BCUT2D eigenvalue weighted by molar-refractivity contribution is -0.144. The number of carbonyl (C=O) groups is 4. The van der Waals surface area contributed by atoms with E-state index in [2.05, 4.69) is 10.3 Å². The number of fused-ring (bicyclic) bond motifs is 1.